The van der Waals surface area contributed by atoms with Crippen molar-refractivity contribution in [3.05, 3.63) is 76.9 Å². The molecule has 1 nitrogen and oxygen atoms in total. The Morgan fingerprint density at radius 1 is 1.16 bits per heavy atom. The summed E-state index contributed by atoms with van der Waals surface area (Å²) in [6.07, 6.45) is 1.94. The second-order valence-corrected chi connectivity index (χ2v) is 6.00. The molecule has 2 aromatic rings. The van der Waals surface area contributed by atoms with Gasteiger partial charge in [0.2, 0.25) is 0 Å². The Labute approximate surface area is 146 Å². The van der Waals surface area contributed by atoms with Gasteiger partial charge < -0.3 is 0 Å². The number of nitrogens with zero attached hydrogens (tertiary/aromatic N) is 1. The van der Waals surface area contributed by atoms with Gasteiger partial charge in [0.1, 0.15) is 5.83 Å². The van der Waals surface area contributed by atoms with Crippen molar-refractivity contribution in [2.24, 2.45) is 4.99 Å². The van der Waals surface area contributed by atoms with E-state index < -0.39 is 11.7 Å². The minimum absolute atomic E-state index is 0.0600. The molecule has 0 aliphatic heterocycles. The van der Waals surface area contributed by atoms with Gasteiger partial charge in [-0.2, -0.15) is 0 Å². The predicted molar refractivity (Wildman–Crippen MR) is 99.2 cm³/mol. The molecular formula is C21H20F3N. The van der Waals surface area contributed by atoms with Crippen LogP contribution < -0.4 is 0 Å². The molecule has 0 radical (unpaired) electrons. The minimum Gasteiger partial charge on any atom is -0.264 e. The van der Waals surface area contributed by atoms with Crippen molar-refractivity contribution in [2.75, 3.05) is 0 Å². The second-order valence-electron chi connectivity index (χ2n) is 6.00. The zero-order chi connectivity index (χ0) is 18.6. The van der Waals surface area contributed by atoms with Crippen molar-refractivity contribution in [3.63, 3.8) is 0 Å². The third-order valence-electron chi connectivity index (χ3n) is 3.97. The first kappa shape index (κ1) is 18.7. The van der Waals surface area contributed by atoms with E-state index in [4.69, 9.17) is 0 Å². The zero-order valence-corrected chi connectivity index (χ0v) is 14.3. The molecule has 0 aliphatic carbocycles. The zero-order valence-electron chi connectivity index (χ0n) is 14.3. The fourth-order valence-corrected chi connectivity index (χ4v) is 2.52. The standard InChI is InChI=1S/C21H20F3N/c1-5-15-8-11-19(25-4)18(13-15)20(22)14(2)12-16-6-9-17(10-7-16)21(3,23)24/h5-11,13H,1,4,12H2,2-3H3/b20-14-. The highest BCUT2D eigenvalue weighted by molar-refractivity contribution is 5.75. The Hall–Kier alpha value is -2.62. The Morgan fingerprint density at radius 2 is 1.80 bits per heavy atom. The van der Waals surface area contributed by atoms with Gasteiger partial charge in [-0.1, -0.05) is 43.0 Å². The van der Waals surface area contributed by atoms with Crippen LogP contribution in [-0.2, 0) is 12.3 Å². The molecule has 0 amide bonds. The van der Waals surface area contributed by atoms with Crippen LogP contribution in [0.4, 0.5) is 18.9 Å². The molecule has 0 spiro atoms. The van der Waals surface area contributed by atoms with Gasteiger partial charge in [-0.25, -0.2) is 13.2 Å². The van der Waals surface area contributed by atoms with E-state index in [0.717, 1.165) is 18.1 Å². The van der Waals surface area contributed by atoms with E-state index in [0.29, 0.717) is 23.2 Å². The molecule has 25 heavy (non-hydrogen) atoms. The highest BCUT2D eigenvalue weighted by Crippen LogP contribution is 2.32. The molecule has 0 heterocycles. The van der Waals surface area contributed by atoms with Crippen LogP contribution in [-0.4, -0.2) is 6.72 Å². The van der Waals surface area contributed by atoms with Crippen molar-refractivity contribution < 1.29 is 13.2 Å². The normalized spacial score (nSPS) is 12.5. The van der Waals surface area contributed by atoms with Crippen LogP contribution in [0, 0.1) is 0 Å². The first-order chi connectivity index (χ1) is 11.8. The lowest BCUT2D eigenvalue weighted by molar-refractivity contribution is 0.0174. The highest BCUT2D eigenvalue weighted by Gasteiger charge is 2.23. The van der Waals surface area contributed by atoms with Crippen LogP contribution >= 0.6 is 0 Å². The Morgan fingerprint density at radius 3 is 2.32 bits per heavy atom. The molecular weight excluding hydrogens is 323 g/mol. The van der Waals surface area contributed by atoms with Gasteiger partial charge in [-0.15, -0.1) is 0 Å². The molecule has 0 atom stereocenters. The summed E-state index contributed by atoms with van der Waals surface area (Å²) in [4.78, 5) is 3.85. The first-order valence-electron chi connectivity index (χ1n) is 7.82. The molecule has 2 rings (SSSR count). The topological polar surface area (TPSA) is 12.4 Å². The third kappa shape index (κ3) is 4.47. The number of alkyl halides is 2. The number of hydrogen-bond acceptors (Lipinski definition) is 1. The van der Waals surface area contributed by atoms with Crippen LogP contribution in [0.1, 0.15) is 36.1 Å². The van der Waals surface area contributed by atoms with Gasteiger partial charge in [-0.3, -0.25) is 4.99 Å². The van der Waals surface area contributed by atoms with E-state index in [2.05, 4.69) is 18.3 Å². The molecule has 0 fully saturated rings. The van der Waals surface area contributed by atoms with E-state index in [1.54, 1.807) is 43.3 Å². The monoisotopic (exact) mass is 343 g/mol. The largest absolute Gasteiger partial charge is 0.270 e. The smallest absolute Gasteiger partial charge is 0.264 e. The molecule has 0 saturated carbocycles. The highest BCUT2D eigenvalue weighted by atomic mass is 19.3. The summed E-state index contributed by atoms with van der Waals surface area (Å²) in [7, 11) is 0. The summed E-state index contributed by atoms with van der Waals surface area (Å²) in [6.45, 7) is 9.67. The Balaban J connectivity index is 2.33. The quantitative estimate of drug-likeness (QED) is 0.516. The van der Waals surface area contributed by atoms with Crippen molar-refractivity contribution in [3.8, 4) is 0 Å². The summed E-state index contributed by atoms with van der Waals surface area (Å²) >= 11 is 0. The SMILES string of the molecule is C=Cc1ccc(N=C)c(/C(F)=C(\C)Cc2ccc(C(C)(F)F)cc2)c1. The lowest BCUT2D eigenvalue weighted by Crippen LogP contribution is -2.06. The van der Waals surface area contributed by atoms with Gasteiger partial charge >= 0.3 is 0 Å². The average Bonchev–Trinajstić information content (AvgIpc) is 2.60. The van der Waals surface area contributed by atoms with E-state index in [1.807, 2.05) is 0 Å². The number of aliphatic imine (C=N–C) groups is 1. The minimum atomic E-state index is -2.88. The third-order valence-corrected chi connectivity index (χ3v) is 3.97. The lowest BCUT2D eigenvalue weighted by atomic mass is 9.99. The fraction of sp³-hybridized carbons (Fsp3) is 0.190. The predicted octanol–water partition coefficient (Wildman–Crippen LogP) is 6.72. The van der Waals surface area contributed by atoms with E-state index in [-0.39, 0.29) is 5.56 Å². The number of rotatable bonds is 6. The molecule has 2 aromatic carbocycles. The fourth-order valence-electron chi connectivity index (χ4n) is 2.52. The maximum Gasteiger partial charge on any atom is 0.270 e. The maximum absolute atomic E-state index is 14.9. The lowest BCUT2D eigenvalue weighted by Gasteiger charge is -2.12. The van der Waals surface area contributed by atoms with Crippen molar-refractivity contribution >= 4 is 24.3 Å². The summed E-state index contributed by atoms with van der Waals surface area (Å²) in [5.74, 6) is -3.28. The first-order valence-corrected chi connectivity index (χ1v) is 7.82. The number of benzene rings is 2. The van der Waals surface area contributed by atoms with E-state index >= 15 is 0 Å². The number of allylic oxidation sites excluding steroid dienone is 1. The summed E-state index contributed by atoms with van der Waals surface area (Å²) in [6, 6.07) is 11.1. The Kier molecular flexibility index (Phi) is 5.62. The van der Waals surface area contributed by atoms with E-state index in [1.165, 1.54) is 12.1 Å². The molecule has 130 valence electrons. The van der Waals surface area contributed by atoms with Crippen molar-refractivity contribution in [1.82, 2.24) is 0 Å². The summed E-state index contributed by atoms with van der Waals surface area (Å²) < 4.78 is 41.4. The van der Waals surface area contributed by atoms with Crippen LogP contribution in [0.15, 0.2) is 59.6 Å². The van der Waals surface area contributed by atoms with Gasteiger partial charge in [0.15, 0.2) is 0 Å². The maximum atomic E-state index is 14.9. The average molecular weight is 343 g/mol. The Bertz CT molecular complexity index is 812. The number of halogens is 3. The van der Waals surface area contributed by atoms with E-state index in [9.17, 15) is 13.2 Å². The van der Waals surface area contributed by atoms with Crippen LogP contribution in [0.2, 0.25) is 0 Å². The summed E-state index contributed by atoms with van der Waals surface area (Å²) in [5, 5.41) is 0. The van der Waals surface area contributed by atoms with Gasteiger partial charge in [0.25, 0.3) is 5.92 Å². The van der Waals surface area contributed by atoms with Crippen molar-refractivity contribution in [1.29, 1.82) is 0 Å². The van der Waals surface area contributed by atoms with Crippen LogP contribution in [0.3, 0.4) is 0 Å². The van der Waals surface area contributed by atoms with Crippen LogP contribution in [0.25, 0.3) is 11.9 Å². The summed E-state index contributed by atoms with van der Waals surface area (Å²) in [5.41, 5.74) is 2.76. The van der Waals surface area contributed by atoms with Gasteiger partial charge in [-0.05, 0) is 48.9 Å². The number of hydrogen-bond donors (Lipinski definition) is 0. The molecule has 0 aromatic heterocycles. The molecule has 0 saturated heterocycles. The molecule has 4 heteroatoms. The van der Waals surface area contributed by atoms with Gasteiger partial charge in [0, 0.05) is 18.1 Å². The molecule has 0 bridgehead atoms. The van der Waals surface area contributed by atoms with Gasteiger partial charge in [0.05, 0.1) is 5.69 Å². The molecule has 0 unspecified atom stereocenters. The van der Waals surface area contributed by atoms with Crippen molar-refractivity contribution in [2.45, 2.75) is 26.2 Å². The van der Waals surface area contributed by atoms with Crippen LogP contribution in [0.5, 0.6) is 0 Å². The molecule has 0 aliphatic rings. The molecule has 0 N–H and O–H groups in total. The second kappa shape index (κ2) is 7.51.